The fourth-order valence-corrected chi connectivity index (χ4v) is 3.14. The molecule has 4 rings (SSSR count). The second kappa shape index (κ2) is 5.54. The first-order valence-electron chi connectivity index (χ1n) is 7.28. The average Bonchev–Trinajstić information content (AvgIpc) is 3.31. The van der Waals surface area contributed by atoms with Crippen LogP contribution in [0, 0.1) is 0 Å². The van der Waals surface area contributed by atoms with E-state index in [9.17, 15) is 9.59 Å². The molecular formula is C15H13N5O2S. The summed E-state index contributed by atoms with van der Waals surface area (Å²) in [5.74, 6) is 0.208. The highest BCUT2D eigenvalue weighted by Gasteiger charge is 2.26. The van der Waals surface area contributed by atoms with Crippen molar-refractivity contribution in [2.24, 2.45) is 0 Å². The lowest BCUT2D eigenvalue weighted by molar-refractivity contribution is -0.117. The van der Waals surface area contributed by atoms with E-state index in [1.807, 2.05) is 5.38 Å². The molecule has 23 heavy (non-hydrogen) atoms. The van der Waals surface area contributed by atoms with Crippen molar-refractivity contribution in [2.75, 3.05) is 5.32 Å². The Morgan fingerprint density at radius 1 is 1.35 bits per heavy atom. The predicted molar refractivity (Wildman–Crippen MR) is 86.5 cm³/mol. The third-order valence-corrected chi connectivity index (χ3v) is 4.46. The number of aromatic nitrogens is 4. The van der Waals surface area contributed by atoms with E-state index < -0.39 is 0 Å². The maximum absolute atomic E-state index is 12.3. The molecule has 0 unspecified atom stereocenters. The van der Waals surface area contributed by atoms with Crippen LogP contribution in [0.4, 0.5) is 5.13 Å². The van der Waals surface area contributed by atoms with Crippen molar-refractivity contribution >= 4 is 33.3 Å². The van der Waals surface area contributed by atoms with Gasteiger partial charge in [0.25, 0.3) is 5.56 Å². The summed E-state index contributed by atoms with van der Waals surface area (Å²) in [5.41, 5.74) is 1.22. The topological polar surface area (TPSA) is 89.8 Å². The maximum atomic E-state index is 12.3. The van der Waals surface area contributed by atoms with Crippen LogP contribution in [0.3, 0.4) is 0 Å². The zero-order valence-electron chi connectivity index (χ0n) is 12.1. The number of benzene rings is 1. The SMILES string of the molecule is O=C(Cn1nnc2ccccc2c1=O)Nc1nc(C2CC2)cs1. The van der Waals surface area contributed by atoms with Crippen LogP contribution in [0.2, 0.25) is 0 Å². The number of amides is 1. The van der Waals surface area contributed by atoms with Crippen LogP contribution in [0.25, 0.3) is 10.9 Å². The molecular weight excluding hydrogens is 314 g/mol. The van der Waals surface area contributed by atoms with Crippen LogP contribution in [0.1, 0.15) is 24.5 Å². The molecule has 1 amide bonds. The number of rotatable bonds is 4. The molecule has 1 saturated carbocycles. The van der Waals surface area contributed by atoms with Crippen LogP contribution in [0.5, 0.6) is 0 Å². The fourth-order valence-electron chi connectivity index (χ4n) is 2.33. The van der Waals surface area contributed by atoms with Crippen LogP contribution in [-0.4, -0.2) is 25.9 Å². The van der Waals surface area contributed by atoms with Gasteiger partial charge in [-0.25, -0.2) is 9.67 Å². The lowest BCUT2D eigenvalue weighted by Gasteiger charge is -2.04. The average molecular weight is 327 g/mol. The summed E-state index contributed by atoms with van der Waals surface area (Å²) < 4.78 is 1.06. The van der Waals surface area contributed by atoms with Gasteiger partial charge in [0.1, 0.15) is 12.1 Å². The van der Waals surface area contributed by atoms with Gasteiger partial charge in [-0.2, -0.15) is 0 Å². The van der Waals surface area contributed by atoms with Gasteiger partial charge in [-0.15, -0.1) is 16.4 Å². The van der Waals surface area contributed by atoms with Gasteiger partial charge in [0, 0.05) is 11.3 Å². The highest BCUT2D eigenvalue weighted by molar-refractivity contribution is 7.13. The first kappa shape index (κ1) is 14.0. The third-order valence-electron chi connectivity index (χ3n) is 3.69. The van der Waals surface area contributed by atoms with Gasteiger partial charge in [0.2, 0.25) is 5.91 Å². The Balaban J connectivity index is 1.51. The number of carbonyl (C=O) groups excluding carboxylic acids is 1. The van der Waals surface area contributed by atoms with Crippen molar-refractivity contribution in [3.8, 4) is 0 Å². The van der Waals surface area contributed by atoms with Gasteiger partial charge in [-0.1, -0.05) is 17.3 Å². The van der Waals surface area contributed by atoms with Gasteiger partial charge >= 0.3 is 0 Å². The summed E-state index contributed by atoms with van der Waals surface area (Å²) in [6.45, 7) is -0.186. The molecule has 1 fully saturated rings. The Morgan fingerprint density at radius 3 is 3.00 bits per heavy atom. The highest BCUT2D eigenvalue weighted by Crippen LogP contribution is 2.40. The van der Waals surface area contributed by atoms with Crippen LogP contribution in [0.15, 0.2) is 34.4 Å². The molecule has 0 aliphatic heterocycles. The smallest absolute Gasteiger partial charge is 0.278 e. The second-order valence-corrected chi connectivity index (χ2v) is 6.33. The molecule has 2 heterocycles. The Kier molecular flexibility index (Phi) is 3.38. The lowest BCUT2D eigenvalue weighted by Crippen LogP contribution is -2.30. The molecule has 1 aromatic carbocycles. The van der Waals surface area contributed by atoms with E-state index >= 15 is 0 Å². The molecule has 0 saturated heterocycles. The highest BCUT2D eigenvalue weighted by atomic mass is 32.1. The Bertz CT molecular complexity index is 944. The van der Waals surface area contributed by atoms with Gasteiger partial charge in [0.15, 0.2) is 5.13 Å². The van der Waals surface area contributed by atoms with Gasteiger partial charge in [-0.05, 0) is 25.0 Å². The van der Waals surface area contributed by atoms with E-state index in [1.165, 1.54) is 24.2 Å². The molecule has 0 atom stereocenters. The van der Waals surface area contributed by atoms with E-state index in [1.54, 1.807) is 24.3 Å². The molecule has 7 nitrogen and oxygen atoms in total. The number of fused-ring (bicyclic) bond motifs is 1. The van der Waals surface area contributed by atoms with Gasteiger partial charge < -0.3 is 5.32 Å². The van der Waals surface area contributed by atoms with E-state index in [-0.39, 0.29) is 18.0 Å². The molecule has 0 spiro atoms. The van der Waals surface area contributed by atoms with Crippen molar-refractivity contribution < 1.29 is 4.79 Å². The first-order valence-corrected chi connectivity index (χ1v) is 8.16. The van der Waals surface area contributed by atoms with E-state index in [4.69, 9.17) is 0 Å². The number of hydrogen-bond acceptors (Lipinski definition) is 6. The summed E-state index contributed by atoms with van der Waals surface area (Å²) >= 11 is 1.40. The van der Waals surface area contributed by atoms with Crippen molar-refractivity contribution in [1.29, 1.82) is 0 Å². The summed E-state index contributed by atoms with van der Waals surface area (Å²) in [6, 6.07) is 6.92. The molecule has 3 aromatic rings. The molecule has 0 radical (unpaired) electrons. The molecule has 1 N–H and O–H groups in total. The Labute approximate surface area is 135 Å². The molecule has 1 aliphatic rings. The monoisotopic (exact) mass is 327 g/mol. The van der Waals surface area contributed by atoms with Gasteiger partial charge in [-0.3, -0.25) is 9.59 Å². The number of hydrogen-bond donors (Lipinski definition) is 1. The first-order chi connectivity index (χ1) is 11.2. The third kappa shape index (κ3) is 2.85. The lowest BCUT2D eigenvalue weighted by atomic mass is 10.2. The zero-order chi connectivity index (χ0) is 15.8. The molecule has 0 bridgehead atoms. The molecule has 8 heteroatoms. The largest absolute Gasteiger partial charge is 0.300 e. The summed E-state index contributed by atoms with van der Waals surface area (Å²) in [5, 5.41) is 13.4. The Hall–Kier alpha value is -2.61. The second-order valence-electron chi connectivity index (χ2n) is 5.47. The number of thiazole rings is 1. The van der Waals surface area contributed by atoms with Gasteiger partial charge in [0.05, 0.1) is 11.1 Å². The molecule has 116 valence electrons. The summed E-state index contributed by atoms with van der Waals surface area (Å²) in [7, 11) is 0. The van der Waals surface area contributed by atoms with Crippen LogP contribution >= 0.6 is 11.3 Å². The molecule has 1 aliphatic carbocycles. The summed E-state index contributed by atoms with van der Waals surface area (Å²) in [4.78, 5) is 28.8. The minimum Gasteiger partial charge on any atom is -0.300 e. The fraction of sp³-hybridized carbons (Fsp3) is 0.267. The number of anilines is 1. The normalized spacial score (nSPS) is 14.1. The van der Waals surface area contributed by atoms with E-state index in [0.29, 0.717) is 22.0 Å². The zero-order valence-corrected chi connectivity index (χ0v) is 12.9. The van der Waals surface area contributed by atoms with Crippen LogP contribution in [-0.2, 0) is 11.3 Å². The number of carbonyl (C=O) groups is 1. The van der Waals surface area contributed by atoms with Crippen molar-refractivity contribution in [1.82, 2.24) is 20.0 Å². The quantitative estimate of drug-likeness (QED) is 0.788. The number of nitrogens with zero attached hydrogens (tertiary/aromatic N) is 4. The van der Waals surface area contributed by atoms with E-state index in [2.05, 4.69) is 20.6 Å². The van der Waals surface area contributed by atoms with Crippen molar-refractivity contribution in [2.45, 2.75) is 25.3 Å². The minimum absolute atomic E-state index is 0.186. The Morgan fingerprint density at radius 2 is 2.17 bits per heavy atom. The van der Waals surface area contributed by atoms with Crippen molar-refractivity contribution in [3.05, 3.63) is 45.7 Å². The van der Waals surface area contributed by atoms with Crippen molar-refractivity contribution in [3.63, 3.8) is 0 Å². The van der Waals surface area contributed by atoms with Crippen LogP contribution < -0.4 is 10.9 Å². The molecule has 2 aromatic heterocycles. The maximum Gasteiger partial charge on any atom is 0.278 e. The standard InChI is InChI=1S/C15H13N5O2S/c21-13(17-15-16-12(8-23-15)9-5-6-9)7-20-14(22)10-3-1-2-4-11(10)18-19-20/h1-4,8-9H,5-7H2,(H,16,17,21). The predicted octanol–water partition coefficient (Wildman–Crippen LogP) is 1.76. The minimum atomic E-state index is -0.339. The number of nitrogens with one attached hydrogen (secondary N) is 1. The summed E-state index contributed by atoms with van der Waals surface area (Å²) in [6.07, 6.45) is 2.33. The van der Waals surface area contributed by atoms with E-state index in [0.717, 1.165) is 10.4 Å².